The van der Waals surface area contributed by atoms with Gasteiger partial charge in [-0.2, -0.15) is 0 Å². The Bertz CT molecular complexity index is 1530. The number of rotatable bonds is 6. The fourth-order valence-corrected chi connectivity index (χ4v) is 4.23. The predicted octanol–water partition coefficient (Wildman–Crippen LogP) is 3.83. The number of anilines is 4. The van der Waals surface area contributed by atoms with Crippen molar-refractivity contribution in [3.8, 4) is 0 Å². The van der Waals surface area contributed by atoms with Crippen molar-refractivity contribution in [1.82, 2.24) is 0 Å². The first-order valence-electron chi connectivity index (χ1n) is 12.2. The predicted molar refractivity (Wildman–Crippen MR) is 148 cm³/mol. The van der Waals surface area contributed by atoms with Crippen LogP contribution in [0.15, 0.2) is 96.1 Å². The van der Waals surface area contributed by atoms with E-state index in [1.54, 1.807) is 38.1 Å². The summed E-state index contributed by atoms with van der Waals surface area (Å²) in [5.74, 6) is -2.42. The number of carbonyl (C=O) groups excluding carboxylic acids is 6. The van der Waals surface area contributed by atoms with Crippen LogP contribution in [0.2, 0.25) is 0 Å². The van der Waals surface area contributed by atoms with Gasteiger partial charge in [-0.05, 0) is 86.6 Å². The van der Waals surface area contributed by atoms with Gasteiger partial charge >= 0.3 is 0 Å². The van der Waals surface area contributed by atoms with Gasteiger partial charge in [-0.15, -0.1) is 0 Å². The Kier molecular flexibility index (Phi) is 6.66. The summed E-state index contributed by atoms with van der Waals surface area (Å²) in [7, 11) is 0. The zero-order chi connectivity index (χ0) is 28.6. The summed E-state index contributed by atoms with van der Waals surface area (Å²) in [6.07, 6.45) is 2.54. The second-order valence-corrected chi connectivity index (χ2v) is 9.19. The van der Waals surface area contributed by atoms with E-state index in [0.717, 1.165) is 9.80 Å². The highest BCUT2D eigenvalue weighted by Crippen LogP contribution is 2.25. The molecule has 0 radical (unpaired) electrons. The molecule has 3 aromatic rings. The van der Waals surface area contributed by atoms with Crippen LogP contribution in [-0.4, -0.2) is 35.4 Å². The first-order valence-corrected chi connectivity index (χ1v) is 12.2. The van der Waals surface area contributed by atoms with Crippen LogP contribution in [0.3, 0.4) is 0 Å². The monoisotopic (exact) mass is 534 g/mol. The average Bonchev–Trinajstić information content (AvgIpc) is 3.35. The molecule has 3 aromatic carbocycles. The van der Waals surface area contributed by atoms with Gasteiger partial charge in [0, 0.05) is 45.8 Å². The third-order valence-electron chi connectivity index (χ3n) is 6.38. The van der Waals surface area contributed by atoms with E-state index < -0.39 is 35.4 Å². The van der Waals surface area contributed by atoms with Gasteiger partial charge in [0.25, 0.3) is 35.4 Å². The van der Waals surface area contributed by atoms with E-state index in [1.165, 1.54) is 60.7 Å². The number of imide groups is 2. The molecule has 0 unspecified atom stereocenters. The lowest BCUT2D eigenvalue weighted by Gasteiger charge is -2.15. The molecule has 0 aliphatic carbocycles. The summed E-state index contributed by atoms with van der Waals surface area (Å²) in [4.78, 5) is 75.8. The normalized spacial score (nSPS) is 14.8. The van der Waals surface area contributed by atoms with Gasteiger partial charge in [0.05, 0.1) is 11.4 Å². The maximum atomic E-state index is 12.7. The molecule has 40 heavy (non-hydrogen) atoms. The topological polar surface area (TPSA) is 133 Å². The fourth-order valence-electron chi connectivity index (χ4n) is 4.23. The lowest BCUT2D eigenvalue weighted by Crippen LogP contribution is -2.30. The highest BCUT2D eigenvalue weighted by atomic mass is 16.2. The van der Waals surface area contributed by atoms with Gasteiger partial charge in [-0.25, -0.2) is 9.80 Å². The smallest absolute Gasteiger partial charge is 0.261 e. The van der Waals surface area contributed by atoms with Gasteiger partial charge in [0.1, 0.15) is 0 Å². The largest absolute Gasteiger partial charge is 0.322 e. The zero-order valence-electron chi connectivity index (χ0n) is 21.4. The van der Waals surface area contributed by atoms with Crippen molar-refractivity contribution in [2.45, 2.75) is 13.8 Å². The molecule has 0 saturated carbocycles. The van der Waals surface area contributed by atoms with E-state index in [-0.39, 0.29) is 0 Å². The van der Waals surface area contributed by atoms with Gasteiger partial charge in [0.2, 0.25) is 0 Å². The third-order valence-corrected chi connectivity index (χ3v) is 6.38. The Hall–Kier alpha value is -5.64. The van der Waals surface area contributed by atoms with E-state index >= 15 is 0 Å². The van der Waals surface area contributed by atoms with Crippen LogP contribution in [0.25, 0.3) is 0 Å². The Morgan fingerprint density at radius 3 is 1.12 bits per heavy atom. The van der Waals surface area contributed by atoms with E-state index in [9.17, 15) is 28.8 Å². The lowest BCUT2D eigenvalue weighted by molar-refractivity contribution is -0.121. The molecule has 10 heteroatoms. The molecule has 0 spiro atoms. The van der Waals surface area contributed by atoms with Crippen molar-refractivity contribution >= 4 is 58.2 Å². The first-order chi connectivity index (χ1) is 19.1. The van der Waals surface area contributed by atoms with Crippen molar-refractivity contribution in [2.75, 3.05) is 20.4 Å². The number of nitrogens with zero attached hydrogens (tertiary/aromatic N) is 2. The molecular formula is C30H22N4O6. The molecule has 0 bridgehead atoms. The number of benzene rings is 3. The molecule has 5 rings (SSSR count). The van der Waals surface area contributed by atoms with Gasteiger partial charge in [0.15, 0.2) is 0 Å². The van der Waals surface area contributed by atoms with Crippen molar-refractivity contribution in [3.05, 3.63) is 107 Å². The highest BCUT2D eigenvalue weighted by Gasteiger charge is 2.30. The molecule has 2 aliphatic heterocycles. The number of hydrogen-bond acceptors (Lipinski definition) is 6. The van der Waals surface area contributed by atoms with Crippen LogP contribution in [0, 0.1) is 0 Å². The molecule has 6 amide bonds. The van der Waals surface area contributed by atoms with Gasteiger partial charge in [-0.3, -0.25) is 28.8 Å². The molecule has 10 nitrogen and oxygen atoms in total. The van der Waals surface area contributed by atoms with Crippen LogP contribution >= 0.6 is 0 Å². The van der Waals surface area contributed by atoms with Crippen molar-refractivity contribution in [1.29, 1.82) is 0 Å². The number of amides is 6. The van der Waals surface area contributed by atoms with Crippen LogP contribution in [-0.2, 0) is 19.2 Å². The Morgan fingerprint density at radius 1 is 0.525 bits per heavy atom. The molecular weight excluding hydrogens is 512 g/mol. The molecule has 198 valence electrons. The number of carbonyl (C=O) groups is 6. The summed E-state index contributed by atoms with van der Waals surface area (Å²) >= 11 is 0. The maximum Gasteiger partial charge on any atom is 0.261 e. The minimum Gasteiger partial charge on any atom is -0.322 e. The maximum absolute atomic E-state index is 12.7. The van der Waals surface area contributed by atoms with Crippen LogP contribution < -0.4 is 20.4 Å². The summed E-state index contributed by atoms with van der Waals surface area (Å²) in [5.41, 5.74) is 3.09. The minimum atomic E-state index is -0.424. The van der Waals surface area contributed by atoms with Crippen LogP contribution in [0.4, 0.5) is 22.7 Å². The standard InChI is InChI=1S/C30H22N4O6/c1-17-15-25(35)33(29(17)39)23-11-3-19(4-12-23)27(37)31-21-7-9-22(10-8-21)32-28(38)20-5-13-24(14-6-20)34-26(36)16-18(2)30(34)40/h3-16H,1-2H3,(H,31,37)(H,32,38). The zero-order valence-corrected chi connectivity index (χ0v) is 21.4. The average molecular weight is 535 g/mol. The third kappa shape index (κ3) is 4.93. The second kappa shape index (κ2) is 10.3. The first kappa shape index (κ1) is 26.0. The Morgan fingerprint density at radius 2 is 0.850 bits per heavy atom. The Labute approximate surface area is 228 Å². The van der Waals surface area contributed by atoms with E-state index in [1.807, 2.05) is 0 Å². The molecule has 0 saturated heterocycles. The summed E-state index contributed by atoms with van der Waals surface area (Å²) in [6.45, 7) is 3.14. The summed E-state index contributed by atoms with van der Waals surface area (Å²) in [6, 6.07) is 18.7. The SMILES string of the molecule is CC1=CC(=O)N(c2ccc(C(=O)Nc3ccc(NC(=O)c4ccc(N5C(=O)C=C(C)C5=O)cc4)cc3)cc2)C1=O. The van der Waals surface area contributed by atoms with E-state index in [4.69, 9.17) is 0 Å². The highest BCUT2D eigenvalue weighted by molar-refractivity contribution is 6.31. The molecule has 0 aromatic heterocycles. The summed E-state index contributed by atoms with van der Waals surface area (Å²) < 4.78 is 0. The second-order valence-electron chi connectivity index (χ2n) is 9.19. The van der Waals surface area contributed by atoms with E-state index in [0.29, 0.717) is 45.0 Å². The van der Waals surface area contributed by atoms with Crippen LogP contribution in [0.5, 0.6) is 0 Å². The lowest BCUT2D eigenvalue weighted by atomic mass is 10.1. The van der Waals surface area contributed by atoms with Crippen molar-refractivity contribution < 1.29 is 28.8 Å². The molecule has 2 aliphatic rings. The molecule has 0 fully saturated rings. The van der Waals surface area contributed by atoms with Crippen LogP contribution in [0.1, 0.15) is 34.6 Å². The fraction of sp³-hybridized carbons (Fsp3) is 0.0667. The number of hydrogen-bond donors (Lipinski definition) is 2. The molecule has 2 heterocycles. The quantitative estimate of drug-likeness (QED) is 0.462. The van der Waals surface area contributed by atoms with Crippen molar-refractivity contribution in [3.63, 3.8) is 0 Å². The molecule has 0 atom stereocenters. The van der Waals surface area contributed by atoms with E-state index in [2.05, 4.69) is 10.6 Å². The van der Waals surface area contributed by atoms with Crippen molar-refractivity contribution in [2.24, 2.45) is 0 Å². The van der Waals surface area contributed by atoms with Gasteiger partial charge in [-0.1, -0.05) is 0 Å². The summed E-state index contributed by atoms with van der Waals surface area (Å²) in [5, 5.41) is 5.51. The minimum absolute atomic E-state index is 0.330. The molecule has 2 N–H and O–H groups in total. The Balaban J connectivity index is 1.18. The van der Waals surface area contributed by atoms with Gasteiger partial charge < -0.3 is 10.6 Å². The number of nitrogens with one attached hydrogen (secondary N) is 2.